The average Bonchev–Trinajstić information content (AvgIpc) is 3.31. The van der Waals surface area contributed by atoms with Gasteiger partial charge in [0.1, 0.15) is 23.5 Å². The Morgan fingerprint density at radius 3 is 2.40 bits per heavy atom. The van der Waals surface area contributed by atoms with Crippen LogP contribution in [0.2, 0.25) is 0 Å². The number of aliphatic hydroxyl groups excluding tert-OH is 1. The number of carbonyl (C=O) groups is 3. The Kier molecular flexibility index (Phi) is 8.03. The minimum atomic E-state index is -1.60. The molecule has 196 valence electrons. The number of alkyl carbamates (subject to hydrolysis) is 1. The van der Waals surface area contributed by atoms with Crippen molar-refractivity contribution in [2.24, 2.45) is 12.5 Å². The first-order valence-electron chi connectivity index (χ1n) is 12.2. The normalized spacial score (nSPS) is 25.4. The van der Waals surface area contributed by atoms with Crippen molar-refractivity contribution in [2.75, 3.05) is 0 Å². The summed E-state index contributed by atoms with van der Waals surface area (Å²) in [4.78, 5) is 38.6. The first-order valence-corrected chi connectivity index (χ1v) is 12.2. The van der Waals surface area contributed by atoms with E-state index in [2.05, 4.69) is 10.4 Å². The second kappa shape index (κ2) is 10.3. The molecular weight excluding hydrogens is 460 g/mol. The van der Waals surface area contributed by atoms with Gasteiger partial charge in [-0.15, -0.1) is 0 Å². The standard InChI is InChI=1S/C25H37F2N3O5/c1-23(2,3)35-22(34)28-18(14-25(27)8-5-6-9-25)20(32)15-24(12-16(26)13-24)21(33)19(31)11-17-7-10-30(4)29-17/h7,10,16,18,21,33H,5-6,8-9,11-15H2,1-4H3,(H,28,34)/t16?,18-,21?,24?/m0/s1. The molecule has 0 saturated heterocycles. The Bertz CT molecular complexity index is 930. The zero-order valence-electron chi connectivity index (χ0n) is 21.0. The van der Waals surface area contributed by atoms with Gasteiger partial charge in [0, 0.05) is 31.5 Å². The number of hydrogen-bond acceptors (Lipinski definition) is 6. The van der Waals surface area contributed by atoms with Gasteiger partial charge in [-0.05, 0) is 52.5 Å². The molecule has 3 rings (SSSR count). The fourth-order valence-electron chi connectivity index (χ4n) is 5.20. The summed E-state index contributed by atoms with van der Waals surface area (Å²) in [6, 6.07) is 0.436. The van der Waals surface area contributed by atoms with Crippen LogP contribution < -0.4 is 5.32 Å². The number of ether oxygens (including phenoxy) is 1. The lowest BCUT2D eigenvalue weighted by atomic mass is 9.59. The van der Waals surface area contributed by atoms with E-state index in [4.69, 9.17) is 4.74 Å². The minimum absolute atomic E-state index is 0.151. The number of aliphatic hydroxyl groups is 1. The van der Waals surface area contributed by atoms with Crippen LogP contribution in [-0.2, 0) is 27.8 Å². The van der Waals surface area contributed by atoms with E-state index >= 15 is 4.39 Å². The summed E-state index contributed by atoms with van der Waals surface area (Å²) in [6.45, 7) is 5.02. The van der Waals surface area contributed by atoms with Gasteiger partial charge in [-0.25, -0.2) is 13.6 Å². The van der Waals surface area contributed by atoms with Crippen LogP contribution in [0.4, 0.5) is 13.6 Å². The molecule has 0 spiro atoms. The van der Waals surface area contributed by atoms with Crippen LogP contribution >= 0.6 is 0 Å². The first-order chi connectivity index (χ1) is 16.2. The van der Waals surface area contributed by atoms with Gasteiger partial charge in [-0.1, -0.05) is 12.8 Å². The third-order valence-electron chi connectivity index (χ3n) is 6.94. The first kappa shape index (κ1) is 27.2. The number of Topliss-reactive ketones (excluding diaryl/α,β-unsaturated/α-hetero) is 2. The lowest BCUT2D eigenvalue weighted by Gasteiger charge is -2.47. The number of halogens is 2. The van der Waals surface area contributed by atoms with Crippen LogP contribution in [0.5, 0.6) is 0 Å². The summed E-state index contributed by atoms with van der Waals surface area (Å²) in [5.74, 6) is -1.10. The maximum atomic E-state index is 15.3. The van der Waals surface area contributed by atoms with Crippen molar-refractivity contribution in [2.45, 2.75) is 108 Å². The fourth-order valence-corrected chi connectivity index (χ4v) is 5.20. The van der Waals surface area contributed by atoms with Crippen molar-refractivity contribution in [3.05, 3.63) is 18.0 Å². The molecule has 2 N–H and O–H groups in total. The number of nitrogens with one attached hydrogen (secondary N) is 1. The van der Waals surface area contributed by atoms with E-state index in [1.807, 2.05) is 0 Å². The molecular formula is C25H37F2N3O5. The molecule has 1 aromatic rings. The van der Waals surface area contributed by atoms with Gasteiger partial charge < -0.3 is 15.2 Å². The summed E-state index contributed by atoms with van der Waals surface area (Å²) in [7, 11) is 1.70. The third-order valence-corrected chi connectivity index (χ3v) is 6.94. The molecule has 2 atom stereocenters. The molecule has 1 unspecified atom stereocenters. The lowest BCUT2D eigenvalue weighted by molar-refractivity contribution is -0.150. The predicted molar refractivity (Wildman–Crippen MR) is 124 cm³/mol. The summed E-state index contributed by atoms with van der Waals surface area (Å²) < 4.78 is 36.1. The average molecular weight is 498 g/mol. The van der Waals surface area contributed by atoms with Crippen molar-refractivity contribution < 1.29 is 33.0 Å². The number of amides is 1. The van der Waals surface area contributed by atoms with Gasteiger partial charge in [0.05, 0.1) is 18.2 Å². The van der Waals surface area contributed by atoms with Crippen LogP contribution in [0.25, 0.3) is 0 Å². The van der Waals surface area contributed by atoms with E-state index in [9.17, 15) is 23.9 Å². The topological polar surface area (TPSA) is 111 Å². The number of aryl methyl sites for hydroxylation is 1. The Labute approximate surface area is 204 Å². The molecule has 2 fully saturated rings. The van der Waals surface area contributed by atoms with Gasteiger partial charge >= 0.3 is 6.09 Å². The van der Waals surface area contributed by atoms with E-state index in [0.717, 1.165) is 0 Å². The lowest BCUT2D eigenvalue weighted by Crippen LogP contribution is -2.55. The van der Waals surface area contributed by atoms with E-state index in [-0.39, 0.29) is 44.9 Å². The Morgan fingerprint density at radius 2 is 1.89 bits per heavy atom. The second-order valence-corrected chi connectivity index (χ2v) is 11.3. The summed E-state index contributed by atoms with van der Waals surface area (Å²) in [5.41, 5.74) is -3.25. The molecule has 10 heteroatoms. The maximum absolute atomic E-state index is 15.3. The molecule has 2 aliphatic carbocycles. The zero-order chi connectivity index (χ0) is 26.0. The van der Waals surface area contributed by atoms with E-state index in [1.54, 1.807) is 40.1 Å². The highest BCUT2D eigenvalue weighted by molar-refractivity contribution is 5.90. The SMILES string of the molecule is Cn1ccc(CC(=O)C(O)C2(CC(=O)[C@H](CC3(F)CCCC3)NC(=O)OC(C)(C)C)CC(F)C2)n1. The Hall–Kier alpha value is -2.36. The van der Waals surface area contributed by atoms with Crippen LogP contribution in [0, 0.1) is 5.41 Å². The third kappa shape index (κ3) is 7.08. The van der Waals surface area contributed by atoms with Crippen LogP contribution in [-0.4, -0.2) is 62.1 Å². The summed E-state index contributed by atoms with van der Waals surface area (Å²) in [5, 5.41) is 17.5. The van der Waals surface area contributed by atoms with Crippen molar-refractivity contribution in [1.82, 2.24) is 15.1 Å². The van der Waals surface area contributed by atoms with Crippen molar-refractivity contribution >= 4 is 17.7 Å². The smallest absolute Gasteiger partial charge is 0.408 e. The summed E-state index contributed by atoms with van der Waals surface area (Å²) in [6.07, 6.45) is -1.09. The second-order valence-electron chi connectivity index (χ2n) is 11.3. The van der Waals surface area contributed by atoms with Crippen molar-refractivity contribution in [3.8, 4) is 0 Å². The molecule has 35 heavy (non-hydrogen) atoms. The van der Waals surface area contributed by atoms with E-state index in [1.165, 1.54) is 4.68 Å². The van der Waals surface area contributed by atoms with Crippen LogP contribution in [0.3, 0.4) is 0 Å². The molecule has 2 saturated carbocycles. The highest BCUT2D eigenvalue weighted by Gasteiger charge is 2.54. The molecule has 1 amide bonds. The number of hydrogen-bond donors (Lipinski definition) is 2. The van der Waals surface area contributed by atoms with E-state index in [0.29, 0.717) is 18.5 Å². The minimum Gasteiger partial charge on any atom is -0.444 e. The van der Waals surface area contributed by atoms with Crippen LogP contribution in [0.15, 0.2) is 12.3 Å². The fraction of sp³-hybridized carbons (Fsp3) is 0.760. The van der Waals surface area contributed by atoms with Gasteiger partial charge in [-0.3, -0.25) is 14.3 Å². The number of ketones is 2. The number of alkyl halides is 2. The summed E-state index contributed by atoms with van der Waals surface area (Å²) >= 11 is 0. The van der Waals surface area contributed by atoms with Crippen molar-refractivity contribution in [3.63, 3.8) is 0 Å². The molecule has 0 radical (unpaired) electrons. The molecule has 0 aromatic carbocycles. The zero-order valence-corrected chi connectivity index (χ0v) is 21.0. The van der Waals surface area contributed by atoms with Crippen molar-refractivity contribution in [1.29, 1.82) is 0 Å². The quantitative estimate of drug-likeness (QED) is 0.512. The Balaban J connectivity index is 1.75. The molecule has 0 aliphatic heterocycles. The van der Waals surface area contributed by atoms with E-state index < -0.39 is 52.7 Å². The monoisotopic (exact) mass is 497 g/mol. The maximum Gasteiger partial charge on any atom is 0.408 e. The predicted octanol–water partition coefficient (Wildman–Crippen LogP) is 3.54. The van der Waals surface area contributed by atoms with Gasteiger partial charge in [0.2, 0.25) is 0 Å². The number of carbonyl (C=O) groups excluding carboxylic acids is 3. The highest BCUT2D eigenvalue weighted by atomic mass is 19.1. The number of nitrogens with zero attached hydrogens (tertiary/aromatic N) is 2. The van der Waals surface area contributed by atoms with Crippen LogP contribution in [0.1, 0.15) is 77.8 Å². The molecule has 2 aliphatic rings. The largest absolute Gasteiger partial charge is 0.444 e. The number of rotatable bonds is 10. The van der Waals surface area contributed by atoms with Gasteiger partial charge in [-0.2, -0.15) is 5.10 Å². The Morgan fingerprint density at radius 1 is 1.26 bits per heavy atom. The highest BCUT2D eigenvalue weighted by Crippen LogP contribution is 2.50. The molecule has 8 nitrogen and oxygen atoms in total. The molecule has 0 bridgehead atoms. The number of aromatic nitrogens is 2. The van der Waals surface area contributed by atoms with Gasteiger partial charge in [0.25, 0.3) is 0 Å². The van der Waals surface area contributed by atoms with Gasteiger partial charge in [0.15, 0.2) is 11.6 Å². The molecule has 1 aromatic heterocycles. The molecule has 1 heterocycles.